The van der Waals surface area contributed by atoms with Crippen molar-refractivity contribution in [3.63, 3.8) is 0 Å². The summed E-state index contributed by atoms with van der Waals surface area (Å²) in [6.45, 7) is 7.27. The second-order valence-corrected chi connectivity index (χ2v) is 6.33. The Hall–Kier alpha value is -1.39. The average molecular weight is 303 g/mol. The van der Waals surface area contributed by atoms with Gasteiger partial charge in [0.15, 0.2) is 6.29 Å². The van der Waals surface area contributed by atoms with Crippen molar-refractivity contribution in [2.45, 2.75) is 45.8 Å². The lowest BCUT2D eigenvalue weighted by Gasteiger charge is -2.21. The second-order valence-electron chi connectivity index (χ2n) is 6.33. The van der Waals surface area contributed by atoms with E-state index in [2.05, 4.69) is 26.0 Å². The van der Waals surface area contributed by atoms with Gasteiger partial charge in [0, 0.05) is 19.5 Å². The lowest BCUT2D eigenvalue weighted by atomic mass is 9.97. The summed E-state index contributed by atoms with van der Waals surface area (Å²) in [4.78, 5) is 14.5. The highest BCUT2D eigenvalue weighted by Gasteiger charge is 2.22. The zero-order valence-corrected chi connectivity index (χ0v) is 13.6. The summed E-state index contributed by atoms with van der Waals surface area (Å²) >= 11 is 0. The van der Waals surface area contributed by atoms with Gasteiger partial charge in [-0.05, 0) is 48.9 Å². The first-order valence-electron chi connectivity index (χ1n) is 8.23. The van der Waals surface area contributed by atoms with E-state index in [4.69, 9.17) is 9.47 Å². The molecule has 0 bridgehead atoms. The fraction of sp³-hybridized carbons (Fsp3) is 0.611. The van der Waals surface area contributed by atoms with Crippen molar-refractivity contribution in [3.05, 3.63) is 34.4 Å². The fourth-order valence-corrected chi connectivity index (χ4v) is 3.25. The summed E-state index contributed by atoms with van der Waals surface area (Å²) in [6.07, 6.45) is 3.23. The van der Waals surface area contributed by atoms with Crippen LogP contribution in [0.3, 0.4) is 0 Å². The van der Waals surface area contributed by atoms with Crippen LogP contribution in [0.25, 0.3) is 0 Å². The average Bonchev–Trinajstić information content (AvgIpc) is 2.95. The van der Waals surface area contributed by atoms with E-state index in [-0.39, 0.29) is 12.2 Å². The zero-order chi connectivity index (χ0) is 15.5. The number of fused-ring (bicyclic) bond motifs is 1. The largest absolute Gasteiger partial charge is 0.350 e. The molecule has 0 aliphatic carbocycles. The molecule has 1 aromatic carbocycles. The van der Waals surface area contributed by atoms with Gasteiger partial charge in [0.2, 0.25) is 5.91 Å². The van der Waals surface area contributed by atoms with Gasteiger partial charge in [-0.15, -0.1) is 0 Å². The number of carbonyl (C=O) groups excluding carboxylic acids is 1. The molecule has 1 aromatic rings. The molecule has 1 saturated heterocycles. The van der Waals surface area contributed by atoms with E-state index >= 15 is 0 Å². The van der Waals surface area contributed by atoms with Gasteiger partial charge in [-0.25, -0.2) is 0 Å². The van der Waals surface area contributed by atoms with Gasteiger partial charge in [0.25, 0.3) is 0 Å². The summed E-state index contributed by atoms with van der Waals surface area (Å²) in [5.41, 5.74) is 5.13. The number of hydrogen-bond acceptors (Lipinski definition) is 3. The highest BCUT2D eigenvalue weighted by Crippen LogP contribution is 2.21. The first-order chi connectivity index (χ1) is 10.6. The van der Waals surface area contributed by atoms with Crippen molar-refractivity contribution in [1.29, 1.82) is 0 Å². The number of ether oxygens (including phenoxy) is 2. The van der Waals surface area contributed by atoms with Gasteiger partial charge in [0.1, 0.15) is 0 Å². The fourth-order valence-electron chi connectivity index (χ4n) is 3.25. The minimum absolute atomic E-state index is 0.0652. The molecule has 0 spiro atoms. The zero-order valence-electron chi connectivity index (χ0n) is 13.6. The maximum Gasteiger partial charge on any atom is 0.227 e. The summed E-state index contributed by atoms with van der Waals surface area (Å²) in [5.74, 6) is 0.246. The topological polar surface area (TPSA) is 38.8 Å². The maximum absolute atomic E-state index is 12.5. The van der Waals surface area contributed by atoms with Crippen molar-refractivity contribution in [2.75, 3.05) is 26.3 Å². The third-order valence-corrected chi connectivity index (χ3v) is 4.72. The molecule has 2 aliphatic rings. The number of amides is 1. The van der Waals surface area contributed by atoms with Crippen molar-refractivity contribution < 1.29 is 14.3 Å². The first-order valence-corrected chi connectivity index (χ1v) is 8.23. The van der Waals surface area contributed by atoms with Crippen LogP contribution < -0.4 is 0 Å². The van der Waals surface area contributed by atoms with E-state index in [1.165, 1.54) is 22.3 Å². The molecule has 1 amide bonds. The number of nitrogens with zero attached hydrogens (tertiary/aromatic N) is 1. The second kappa shape index (κ2) is 6.80. The summed E-state index contributed by atoms with van der Waals surface area (Å²) in [6, 6.07) is 4.44. The van der Waals surface area contributed by atoms with E-state index in [1.807, 2.05) is 4.90 Å². The normalized spacial score (nSPS) is 19.4. The van der Waals surface area contributed by atoms with Crippen LogP contribution in [-0.4, -0.2) is 43.4 Å². The van der Waals surface area contributed by atoms with Crippen LogP contribution in [0.15, 0.2) is 12.1 Å². The van der Waals surface area contributed by atoms with Crippen LogP contribution in [0.2, 0.25) is 0 Å². The number of rotatable bonds is 4. The molecule has 0 aromatic heterocycles. The Kier molecular flexibility index (Phi) is 4.79. The Morgan fingerprint density at radius 2 is 1.82 bits per heavy atom. The Morgan fingerprint density at radius 3 is 2.55 bits per heavy atom. The lowest BCUT2D eigenvalue weighted by molar-refractivity contribution is -0.130. The molecular weight excluding hydrogens is 278 g/mol. The minimum atomic E-state index is -0.0652. The van der Waals surface area contributed by atoms with Crippen LogP contribution in [0, 0.1) is 13.8 Å². The predicted molar refractivity (Wildman–Crippen MR) is 84.8 cm³/mol. The molecule has 0 saturated carbocycles. The van der Waals surface area contributed by atoms with Crippen molar-refractivity contribution in [2.24, 2.45) is 0 Å². The third kappa shape index (κ3) is 3.50. The minimum Gasteiger partial charge on any atom is -0.350 e. The Morgan fingerprint density at radius 1 is 1.14 bits per heavy atom. The standard InChI is InChI=1S/C18H25NO3/c1-13-10-15-5-7-19(6-3-4-18-21-8-9-22-18)17(20)12-16(15)11-14(13)2/h10-11,18H,3-9,12H2,1-2H3. The Labute approximate surface area is 132 Å². The van der Waals surface area contributed by atoms with E-state index in [0.29, 0.717) is 19.6 Å². The summed E-state index contributed by atoms with van der Waals surface area (Å²) < 4.78 is 10.9. The van der Waals surface area contributed by atoms with Gasteiger partial charge in [-0.2, -0.15) is 0 Å². The SMILES string of the molecule is Cc1cc2c(cc1C)CC(=O)N(CCCC1OCCO1)CC2. The molecule has 2 aliphatic heterocycles. The number of hydrogen-bond donors (Lipinski definition) is 0. The van der Waals surface area contributed by atoms with Crippen molar-refractivity contribution in [3.8, 4) is 0 Å². The molecule has 120 valence electrons. The molecule has 1 fully saturated rings. The molecule has 0 radical (unpaired) electrons. The van der Waals surface area contributed by atoms with Crippen LogP contribution in [0.4, 0.5) is 0 Å². The number of benzene rings is 1. The van der Waals surface area contributed by atoms with Crippen molar-refractivity contribution in [1.82, 2.24) is 4.90 Å². The molecule has 22 heavy (non-hydrogen) atoms. The molecule has 0 N–H and O–H groups in total. The molecule has 4 nitrogen and oxygen atoms in total. The molecule has 3 rings (SSSR count). The van der Waals surface area contributed by atoms with E-state index in [9.17, 15) is 4.79 Å². The van der Waals surface area contributed by atoms with Crippen LogP contribution in [0.5, 0.6) is 0 Å². The Balaban J connectivity index is 1.58. The number of aryl methyl sites for hydroxylation is 2. The van der Waals surface area contributed by atoms with Gasteiger partial charge in [0.05, 0.1) is 19.6 Å². The molecule has 2 heterocycles. The molecule has 0 unspecified atom stereocenters. The van der Waals surface area contributed by atoms with Crippen molar-refractivity contribution >= 4 is 5.91 Å². The highest BCUT2D eigenvalue weighted by atomic mass is 16.7. The molecule has 0 atom stereocenters. The number of carbonyl (C=O) groups is 1. The van der Waals surface area contributed by atoms with Gasteiger partial charge in [-0.3, -0.25) is 4.79 Å². The Bertz CT molecular complexity index is 550. The maximum atomic E-state index is 12.5. The molecular formula is C18H25NO3. The monoisotopic (exact) mass is 303 g/mol. The van der Waals surface area contributed by atoms with E-state index < -0.39 is 0 Å². The van der Waals surface area contributed by atoms with Gasteiger partial charge in [-0.1, -0.05) is 12.1 Å². The summed E-state index contributed by atoms with van der Waals surface area (Å²) in [7, 11) is 0. The highest BCUT2D eigenvalue weighted by molar-refractivity contribution is 5.80. The first kappa shape index (κ1) is 15.5. The van der Waals surface area contributed by atoms with E-state index in [1.54, 1.807) is 0 Å². The van der Waals surface area contributed by atoms with Gasteiger partial charge < -0.3 is 14.4 Å². The summed E-state index contributed by atoms with van der Waals surface area (Å²) in [5, 5.41) is 0. The van der Waals surface area contributed by atoms with Crippen LogP contribution >= 0.6 is 0 Å². The smallest absolute Gasteiger partial charge is 0.227 e. The van der Waals surface area contributed by atoms with Crippen LogP contribution in [0.1, 0.15) is 35.1 Å². The van der Waals surface area contributed by atoms with Crippen LogP contribution in [-0.2, 0) is 27.1 Å². The lowest BCUT2D eigenvalue weighted by Crippen LogP contribution is -2.33. The van der Waals surface area contributed by atoms with E-state index in [0.717, 1.165) is 32.4 Å². The molecule has 4 heteroatoms. The third-order valence-electron chi connectivity index (χ3n) is 4.72. The van der Waals surface area contributed by atoms with Gasteiger partial charge >= 0.3 is 0 Å². The predicted octanol–water partition coefficient (Wildman–Crippen LogP) is 2.38. The quantitative estimate of drug-likeness (QED) is 0.857.